The molecule has 0 unspecified atom stereocenters. The van der Waals surface area contributed by atoms with E-state index >= 15 is 0 Å². The van der Waals surface area contributed by atoms with Crippen molar-refractivity contribution in [2.24, 2.45) is 7.05 Å². The monoisotopic (exact) mass is 329 g/mol. The van der Waals surface area contributed by atoms with Gasteiger partial charge in [0.15, 0.2) is 0 Å². The fourth-order valence-corrected chi connectivity index (χ4v) is 4.26. The number of fused-ring (bicyclic) bond motifs is 1. The smallest absolute Gasteiger partial charge is 0.241 e. The van der Waals surface area contributed by atoms with Crippen LogP contribution < -0.4 is 4.72 Å². The number of nitrogens with zero attached hydrogens (tertiary/aromatic N) is 2. The second-order valence-corrected chi connectivity index (χ2v) is 7.76. The van der Waals surface area contributed by atoms with Crippen LogP contribution in [0.5, 0.6) is 0 Å². The summed E-state index contributed by atoms with van der Waals surface area (Å²) in [5.41, 5.74) is 0.0492. The minimum absolute atomic E-state index is 0.285. The largest absolute Gasteiger partial charge is 0.275 e. The maximum absolute atomic E-state index is 12.9. The lowest BCUT2D eigenvalue weighted by atomic mass is 10.00. The number of nitrogens with one attached hydrogen (secondary N) is 1. The fourth-order valence-electron chi connectivity index (χ4n) is 2.62. The zero-order valence-electron chi connectivity index (χ0n) is 13.3. The van der Waals surface area contributed by atoms with Gasteiger partial charge >= 0.3 is 0 Å². The van der Waals surface area contributed by atoms with Gasteiger partial charge in [-0.1, -0.05) is 36.4 Å². The highest BCUT2D eigenvalue weighted by Gasteiger charge is 2.29. The van der Waals surface area contributed by atoms with Crippen molar-refractivity contribution < 1.29 is 8.42 Å². The SMILES string of the molecule is Cn1cc(C(C)(C)NS(=O)(=O)c2cccc3ccccc23)cn1. The Labute approximate surface area is 136 Å². The first-order valence-corrected chi connectivity index (χ1v) is 8.79. The summed E-state index contributed by atoms with van der Waals surface area (Å²) in [4.78, 5) is 0.285. The van der Waals surface area contributed by atoms with Crippen molar-refractivity contribution in [2.75, 3.05) is 0 Å². The van der Waals surface area contributed by atoms with Crippen molar-refractivity contribution in [2.45, 2.75) is 24.3 Å². The molecule has 0 radical (unpaired) electrons. The molecule has 0 fully saturated rings. The molecule has 0 saturated carbocycles. The first-order chi connectivity index (χ1) is 10.8. The summed E-state index contributed by atoms with van der Waals surface area (Å²) in [7, 11) is -1.87. The molecule has 0 bridgehead atoms. The Bertz CT molecular complexity index is 953. The third kappa shape index (κ3) is 3.00. The van der Waals surface area contributed by atoms with Crippen LogP contribution in [0.4, 0.5) is 0 Å². The van der Waals surface area contributed by atoms with Crippen molar-refractivity contribution >= 4 is 20.8 Å². The molecule has 2 aromatic carbocycles. The van der Waals surface area contributed by atoms with Crippen LogP contribution >= 0.6 is 0 Å². The summed E-state index contributed by atoms with van der Waals surface area (Å²) < 4.78 is 30.3. The minimum Gasteiger partial charge on any atom is -0.275 e. The standard InChI is InChI=1S/C17H19N3O2S/c1-17(2,14-11-18-20(3)12-14)19-23(21,22)16-10-6-8-13-7-4-5-9-15(13)16/h4-12,19H,1-3H3. The van der Waals surface area contributed by atoms with E-state index in [1.165, 1.54) is 0 Å². The quantitative estimate of drug-likeness (QED) is 0.800. The van der Waals surface area contributed by atoms with Crippen LogP contribution in [-0.2, 0) is 22.6 Å². The first kappa shape index (κ1) is 15.7. The second-order valence-electron chi connectivity index (χ2n) is 6.11. The van der Waals surface area contributed by atoms with Crippen LogP contribution in [0.3, 0.4) is 0 Å². The zero-order chi connectivity index (χ0) is 16.7. The van der Waals surface area contributed by atoms with Crippen LogP contribution in [0.2, 0.25) is 0 Å². The Morgan fingerprint density at radius 3 is 2.48 bits per heavy atom. The fraction of sp³-hybridized carbons (Fsp3) is 0.235. The molecule has 0 spiro atoms. The van der Waals surface area contributed by atoms with Crippen molar-refractivity contribution in [3.05, 3.63) is 60.4 Å². The van der Waals surface area contributed by atoms with Gasteiger partial charge in [-0.25, -0.2) is 13.1 Å². The third-order valence-corrected chi connectivity index (χ3v) is 5.57. The molecule has 1 aromatic heterocycles. The summed E-state index contributed by atoms with van der Waals surface area (Å²) in [5, 5.41) is 5.73. The Morgan fingerprint density at radius 2 is 1.78 bits per heavy atom. The third-order valence-electron chi connectivity index (χ3n) is 3.86. The molecule has 0 aliphatic carbocycles. The molecule has 3 rings (SSSR count). The van der Waals surface area contributed by atoms with E-state index in [-0.39, 0.29) is 4.90 Å². The predicted molar refractivity (Wildman–Crippen MR) is 90.5 cm³/mol. The molecule has 120 valence electrons. The van der Waals surface area contributed by atoms with Gasteiger partial charge in [-0.2, -0.15) is 5.10 Å². The van der Waals surface area contributed by atoms with Gasteiger partial charge in [-0.15, -0.1) is 0 Å². The van der Waals surface area contributed by atoms with Crippen molar-refractivity contribution in [1.82, 2.24) is 14.5 Å². The Kier molecular flexibility index (Phi) is 3.74. The number of sulfonamides is 1. The van der Waals surface area contributed by atoms with Gasteiger partial charge in [0, 0.05) is 24.2 Å². The first-order valence-electron chi connectivity index (χ1n) is 7.30. The van der Waals surface area contributed by atoms with Gasteiger partial charge in [0.25, 0.3) is 0 Å². The van der Waals surface area contributed by atoms with Crippen LogP contribution in [-0.4, -0.2) is 18.2 Å². The summed E-state index contributed by atoms with van der Waals surface area (Å²) in [5.74, 6) is 0. The molecular formula is C17H19N3O2S. The van der Waals surface area contributed by atoms with Crippen LogP contribution in [0.15, 0.2) is 59.8 Å². The van der Waals surface area contributed by atoms with Gasteiger partial charge in [0.1, 0.15) is 0 Å². The normalized spacial score (nSPS) is 12.7. The lowest BCUT2D eigenvalue weighted by molar-refractivity contribution is 0.472. The van der Waals surface area contributed by atoms with Gasteiger partial charge in [0.2, 0.25) is 10.0 Å². The van der Waals surface area contributed by atoms with E-state index in [0.717, 1.165) is 10.9 Å². The van der Waals surface area contributed by atoms with Crippen LogP contribution in [0.1, 0.15) is 19.4 Å². The molecule has 5 nitrogen and oxygen atoms in total. The molecule has 1 heterocycles. The maximum atomic E-state index is 12.9. The number of benzene rings is 2. The average Bonchev–Trinajstić information content (AvgIpc) is 2.93. The van der Waals surface area contributed by atoms with E-state index in [9.17, 15) is 8.42 Å². The Morgan fingerprint density at radius 1 is 1.09 bits per heavy atom. The van der Waals surface area contributed by atoms with E-state index in [0.29, 0.717) is 5.39 Å². The summed E-state index contributed by atoms with van der Waals surface area (Å²) in [6, 6.07) is 12.7. The summed E-state index contributed by atoms with van der Waals surface area (Å²) in [6.07, 6.45) is 3.48. The lowest BCUT2D eigenvalue weighted by Crippen LogP contribution is -2.40. The van der Waals surface area contributed by atoms with Crippen LogP contribution in [0.25, 0.3) is 10.8 Å². The highest BCUT2D eigenvalue weighted by Crippen LogP contribution is 2.26. The van der Waals surface area contributed by atoms with Gasteiger partial charge in [0.05, 0.1) is 16.6 Å². The van der Waals surface area contributed by atoms with Gasteiger partial charge in [-0.3, -0.25) is 4.68 Å². The Hall–Kier alpha value is -2.18. The molecule has 3 aromatic rings. The van der Waals surface area contributed by atoms with E-state index in [4.69, 9.17) is 0 Å². The number of rotatable bonds is 4. The zero-order valence-corrected chi connectivity index (χ0v) is 14.1. The summed E-state index contributed by atoms with van der Waals surface area (Å²) in [6.45, 7) is 3.65. The topological polar surface area (TPSA) is 64.0 Å². The highest BCUT2D eigenvalue weighted by atomic mass is 32.2. The number of aryl methyl sites for hydroxylation is 1. The maximum Gasteiger partial charge on any atom is 0.241 e. The predicted octanol–water partition coefficient (Wildman–Crippen LogP) is 2.79. The lowest BCUT2D eigenvalue weighted by Gasteiger charge is -2.25. The molecule has 6 heteroatoms. The summed E-state index contributed by atoms with van der Waals surface area (Å²) >= 11 is 0. The average molecular weight is 329 g/mol. The van der Waals surface area contributed by atoms with E-state index in [1.54, 1.807) is 30.1 Å². The minimum atomic E-state index is -3.67. The van der Waals surface area contributed by atoms with Crippen molar-refractivity contribution in [3.63, 3.8) is 0 Å². The van der Waals surface area contributed by atoms with Crippen molar-refractivity contribution in [3.8, 4) is 0 Å². The second kappa shape index (κ2) is 5.47. The van der Waals surface area contributed by atoms with E-state index < -0.39 is 15.6 Å². The number of hydrogen-bond donors (Lipinski definition) is 1. The van der Waals surface area contributed by atoms with Crippen molar-refractivity contribution in [1.29, 1.82) is 0 Å². The molecule has 0 atom stereocenters. The molecule has 1 N–H and O–H groups in total. The van der Waals surface area contributed by atoms with E-state index in [1.807, 2.05) is 50.4 Å². The van der Waals surface area contributed by atoms with Crippen LogP contribution in [0, 0.1) is 0 Å². The molecule has 0 aliphatic rings. The molecule has 0 amide bonds. The number of aromatic nitrogens is 2. The van der Waals surface area contributed by atoms with E-state index in [2.05, 4.69) is 9.82 Å². The molecule has 23 heavy (non-hydrogen) atoms. The van der Waals surface area contributed by atoms with Gasteiger partial charge in [-0.05, 0) is 25.3 Å². The van der Waals surface area contributed by atoms with Gasteiger partial charge < -0.3 is 0 Å². The molecule has 0 aliphatic heterocycles. The Balaban J connectivity index is 2.04. The highest BCUT2D eigenvalue weighted by molar-refractivity contribution is 7.89. The molecule has 0 saturated heterocycles. The molecular weight excluding hydrogens is 310 g/mol. The number of hydrogen-bond acceptors (Lipinski definition) is 3.